The van der Waals surface area contributed by atoms with Gasteiger partial charge in [-0.25, -0.2) is 4.39 Å². The van der Waals surface area contributed by atoms with E-state index >= 15 is 0 Å². The van der Waals surface area contributed by atoms with Gasteiger partial charge in [-0.1, -0.05) is 31.2 Å². The first-order chi connectivity index (χ1) is 9.69. The van der Waals surface area contributed by atoms with Crippen LogP contribution >= 0.6 is 0 Å². The van der Waals surface area contributed by atoms with E-state index in [0.29, 0.717) is 6.04 Å². The standard InChI is InChI=1S/C18H20FN/c1-3-13-6-4-5-12(2)18(13)20-17-10-7-14-11-15(19)8-9-16(14)17/h4-6,8-9,11,17,20H,3,7,10H2,1-2H3. The molecule has 0 spiro atoms. The van der Waals surface area contributed by atoms with Crippen molar-refractivity contribution in [3.8, 4) is 0 Å². The number of rotatable bonds is 3. The Labute approximate surface area is 119 Å². The van der Waals surface area contributed by atoms with Crippen molar-refractivity contribution in [3.63, 3.8) is 0 Å². The molecule has 0 aliphatic heterocycles. The molecule has 2 heteroatoms. The van der Waals surface area contributed by atoms with Crippen LogP contribution in [0.25, 0.3) is 0 Å². The van der Waals surface area contributed by atoms with E-state index in [9.17, 15) is 4.39 Å². The first-order valence-electron chi connectivity index (χ1n) is 7.32. The molecule has 2 aromatic carbocycles. The van der Waals surface area contributed by atoms with Crippen molar-refractivity contribution in [2.45, 2.75) is 39.2 Å². The summed E-state index contributed by atoms with van der Waals surface area (Å²) in [5, 5.41) is 3.68. The number of halogens is 1. The minimum absolute atomic E-state index is 0.130. The van der Waals surface area contributed by atoms with Gasteiger partial charge >= 0.3 is 0 Å². The summed E-state index contributed by atoms with van der Waals surface area (Å²) in [6.45, 7) is 4.32. The second-order valence-corrected chi connectivity index (χ2v) is 5.54. The molecule has 1 aliphatic carbocycles. The minimum atomic E-state index is -0.130. The maximum Gasteiger partial charge on any atom is 0.123 e. The first-order valence-corrected chi connectivity index (χ1v) is 7.32. The summed E-state index contributed by atoms with van der Waals surface area (Å²) >= 11 is 0. The zero-order chi connectivity index (χ0) is 14.1. The molecule has 1 N–H and O–H groups in total. The third-order valence-corrected chi connectivity index (χ3v) is 4.24. The maximum atomic E-state index is 13.3. The Balaban J connectivity index is 1.91. The van der Waals surface area contributed by atoms with Gasteiger partial charge in [0.1, 0.15) is 5.82 Å². The molecule has 1 atom stereocenters. The summed E-state index contributed by atoms with van der Waals surface area (Å²) in [6.07, 6.45) is 3.02. The number of benzene rings is 2. The van der Waals surface area contributed by atoms with E-state index in [1.165, 1.54) is 22.4 Å². The van der Waals surface area contributed by atoms with Crippen molar-refractivity contribution in [2.75, 3.05) is 5.32 Å². The van der Waals surface area contributed by atoms with Gasteiger partial charge in [-0.2, -0.15) is 0 Å². The lowest BCUT2D eigenvalue weighted by molar-refractivity contribution is 0.626. The molecule has 0 radical (unpaired) electrons. The lowest BCUT2D eigenvalue weighted by atomic mass is 10.0. The Morgan fingerprint density at radius 3 is 2.90 bits per heavy atom. The summed E-state index contributed by atoms with van der Waals surface area (Å²) < 4.78 is 13.3. The van der Waals surface area contributed by atoms with Crippen LogP contribution in [-0.4, -0.2) is 0 Å². The van der Waals surface area contributed by atoms with Crippen molar-refractivity contribution < 1.29 is 4.39 Å². The molecule has 1 aliphatic rings. The molecule has 0 saturated carbocycles. The predicted molar refractivity (Wildman–Crippen MR) is 81.6 cm³/mol. The van der Waals surface area contributed by atoms with Gasteiger partial charge < -0.3 is 5.32 Å². The summed E-state index contributed by atoms with van der Waals surface area (Å²) in [5.74, 6) is -0.130. The largest absolute Gasteiger partial charge is 0.378 e. The van der Waals surface area contributed by atoms with Crippen LogP contribution < -0.4 is 5.32 Å². The molecular formula is C18H20FN. The summed E-state index contributed by atoms with van der Waals surface area (Å²) in [7, 11) is 0. The predicted octanol–water partition coefficient (Wildman–Crippen LogP) is 4.80. The number of hydrogen-bond donors (Lipinski definition) is 1. The van der Waals surface area contributed by atoms with E-state index in [0.717, 1.165) is 24.8 Å². The quantitative estimate of drug-likeness (QED) is 0.844. The number of anilines is 1. The molecule has 0 bridgehead atoms. The zero-order valence-electron chi connectivity index (χ0n) is 12.0. The van der Waals surface area contributed by atoms with E-state index in [1.54, 1.807) is 12.1 Å². The highest BCUT2D eigenvalue weighted by molar-refractivity contribution is 5.59. The monoisotopic (exact) mass is 269 g/mol. The highest BCUT2D eigenvalue weighted by Gasteiger charge is 2.23. The van der Waals surface area contributed by atoms with E-state index < -0.39 is 0 Å². The Hall–Kier alpha value is -1.83. The van der Waals surface area contributed by atoms with Gasteiger partial charge in [0.05, 0.1) is 6.04 Å². The second-order valence-electron chi connectivity index (χ2n) is 5.54. The molecule has 1 nitrogen and oxygen atoms in total. The third-order valence-electron chi connectivity index (χ3n) is 4.24. The van der Waals surface area contributed by atoms with E-state index in [2.05, 4.69) is 37.4 Å². The van der Waals surface area contributed by atoms with Gasteiger partial charge in [0, 0.05) is 5.69 Å². The number of aryl methyl sites for hydroxylation is 3. The minimum Gasteiger partial charge on any atom is -0.378 e. The summed E-state index contributed by atoms with van der Waals surface area (Å²) in [6, 6.07) is 11.9. The molecule has 104 valence electrons. The normalized spacial score (nSPS) is 17.1. The Morgan fingerprint density at radius 1 is 1.25 bits per heavy atom. The van der Waals surface area contributed by atoms with Crippen molar-refractivity contribution in [1.29, 1.82) is 0 Å². The smallest absolute Gasteiger partial charge is 0.123 e. The summed E-state index contributed by atoms with van der Waals surface area (Å²) in [4.78, 5) is 0. The molecule has 0 saturated heterocycles. The number of nitrogens with one attached hydrogen (secondary N) is 1. The maximum absolute atomic E-state index is 13.3. The number of para-hydroxylation sites is 1. The fraction of sp³-hybridized carbons (Fsp3) is 0.333. The van der Waals surface area contributed by atoms with Gasteiger partial charge in [-0.3, -0.25) is 0 Å². The van der Waals surface area contributed by atoms with Gasteiger partial charge in [0.2, 0.25) is 0 Å². The molecule has 0 amide bonds. The Bertz CT molecular complexity index is 633. The topological polar surface area (TPSA) is 12.0 Å². The van der Waals surface area contributed by atoms with Crippen LogP contribution in [0.5, 0.6) is 0 Å². The molecular weight excluding hydrogens is 249 g/mol. The third kappa shape index (κ3) is 2.31. The van der Waals surface area contributed by atoms with Crippen LogP contribution in [-0.2, 0) is 12.8 Å². The zero-order valence-corrected chi connectivity index (χ0v) is 12.0. The van der Waals surface area contributed by atoms with Crippen LogP contribution in [0.1, 0.15) is 41.6 Å². The number of fused-ring (bicyclic) bond motifs is 1. The highest BCUT2D eigenvalue weighted by Crippen LogP contribution is 2.36. The molecule has 0 aromatic heterocycles. The Kier molecular flexibility index (Phi) is 3.47. The van der Waals surface area contributed by atoms with E-state index in [1.807, 2.05) is 6.07 Å². The SMILES string of the molecule is CCc1cccc(C)c1NC1CCc2cc(F)ccc21. The fourth-order valence-corrected chi connectivity index (χ4v) is 3.14. The van der Waals surface area contributed by atoms with E-state index in [-0.39, 0.29) is 5.82 Å². The second kappa shape index (κ2) is 5.28. The molecule has 0 heterocycles. The number of hydrogen-bond acceptors (Lipinski definition) is 1. The summed E-state index contributed by atoms with van der Waals surface area (Å²) in [5.41, 5.74) is 6.27. The fourth-order valence-electron chi connectivity index (χ4n) is 3.14. The Morgan fingerprint density at radius 2 is 2.10 bits per heavy atom. The van der Waals surface area contributed by atoms with Gasteiger partial charge in [0.15, 0.2) is 0 Å². The molecule has 20 heavy (non-hydrogen) atoms. The van der Waals surface area contributed by atoms with Crippen LogP contribution in [0.3, 0.4) is 0 Å². The van der Waals surface area contributed by atoms with Crippen molar-refractivity contribution in [3.05, 3.63) is 64.5 Å². The molecule has 3 rings (SSSR count). The van der Waals surface area contributed by atoms with Crippen LogP contribution in [0.15, 0.2) is 36.4 Å². The van der Waals surface area contributed by atoms with E-state index in [4.69, 9.17) is 0 Å². The average Bonchev–Trinajstić information content (AvgIpc) is 2.83. The van der Waals surface area contributed by atoms with Crippen molar-refractivity contribution in [2.24, 2.45) is 0 Å². The van der Waals surface area contributed by atoms with Crippen molar-refractivity contribution in [1.82, 2.24) is 0 Å². The van der Waals surface area contributed by atoms with Gasteiger partial charge in [0.25, 0.3) is 0 Å². The molecule has 2 aromatic rings. The van der Waals surface area contributed by atoms with Gasteiger partial charge in [-0.15, -0.1) is 0 Å². The first kappa shape index (κ1) is 13.2. The van der Waals surface area contributed by atoms with Crippen molar-refractivity contribution >= 4 is 5.69 Å². The van der Waals surface area contributed by atoms with Crippen LogP contribution in [0.2, 0.25) is 0 Å². The lowest BCUT2D eigenvalue weighted by Crippen LogP contribution is -2.10. The lowest BCUT2D eigenvalue weighted by Gasteiger charge is -2.20. The van der Waals surface area contributed by atoms with Crippen LogP contribution in [0.4, 0.5) is 10.1 Å². The van der Waals surface area contributed by atoms with Crippen LogP contribution in [0, 0.1) is 12.7 Å². The molecule has 0 fully saturated rings. The average molecular weight is 269 g/mol. The highest BCUT2D eigenvalue weighted by atomic mass is 19.1. The van der Waals surface area contributed by atoms with Gasteiger partial charge in [-0.05, 0) is 60.6 Å². The molecule has 1 unspecified atom stereocenters.